The summed E-state index contributed by atoms with van der Waals surface area (Å²) in [7, 11) is 1.68. The number of ether oxygens (including phenoxy) is 2. The number of benzene rings is 1. The molecule has 1 aromatic carbocycles. The van der Waals surface area contributed by atoms with Crippen LogP contribution in [0.4, 0.5) is 0 Å². The second kappa shape index (κ2) is 5.08. The van der Waals surface area contributed by atoms with E-state index in [2.05, 4.69) is 11.4 Å². The summed E-state index contributed by atoms with van der Waals surface area (Å²) in [5.41, 5.74) is 3.72. The molecule has 18 heavy (non-hydrogen) atoms. The maximum Gasteiger partial charge on any atom is 0.143 e. The highest BCUT2D eigenvalue weighted by atomic mass is 35.5. The highest BCUT2D eigenvalue weighted by molar-refractivity contribution is 6.33. The lowest BCUT2D eigenvalue weighted by atomic mass is 10.0. The first kappa shape index (κ1) is 12.3. The summed E-state index contributed by atoms with van der Waals surface area (Å²) in [4.78, 5) is 0. The van der Waals surface area contributed by atoms with Crippen molar-refractivity contribution >= 4 is 11.6 Å². The average Bonchev–Trinajstić information content (AvgIpc) is 2.88. The number of aryl methyl sites for hydroxylation is 1. The summed E-state index contributed by atoms with van der Waals surface area (Å²) >= 11 is 6.48. The quantitative estimate of drug-likeness (QED) is 0.893. The van der Waals surface area contributed by atoms with Crippen molar-refractivity contribution in [3.8, 4) is 5.75 Å². The van der Waals surface area contributed by atoms with Crippen LogP contribution in [0.15, 0.2) is 6.07 Å². The Morgan fingerprint density at radius 3 is 3.06 bits per heavy atom. The lowest BCUT2D eigenvalue weighted by Crippen LogP contribution is -2.33. The molecule has 2 aliphatic rings. The molecule has 1 atom stereocenters. The molecule has 1 N–H and O–H groups in total. The maximum atomic E-state index is 6.48. The third kappa shape index (κ3) is 2.00. The van der Waals surface area contributed by atoms with Crippen LogP contribution in [0.3, 0.4) is 0 Å². The van der Waals surface area contributed by atoms with Crippen molar-refractivity contribution in [2.75, 3.05) is 26.8 Å². The van der Waals surface area contributed by atoms with E-state index in [0.29, 0.717) is 0 Å². The molecule has 3 rings (SSSR count). The molecular formula is C14H18ClNO2. The SMILES string of the molecule is COc1c(C2CNCCO2)cc2c(c1Cl)CCC2. The van der Waals surface area contributed by atoms with Crippen molar-refractivity contribution in [3.63, 3.8) is 0 Å². The van der Waals surface area contributed by atoms with Gasteiger partial charge >= 0.3 is 0 Å². The number of hydrogen-bond acceptors (Lipinski definition) is 3. The standard InChI is InChI=1S/C14H18ClNO2/c1-17-14-11(12-8-16-5-6-18-12)7-9-3-2-4-10(9)13(14)15/h7,12,16H,2-6,8H2,1H3. The summed E-state index contributed by atoms with van der Waals surface area (Å²) in [6.45, 7) is 2.48. The molecule has 4 heteroatoms. The zero-order valence-corrected chi connectivity index (χ0v) is 11.3. The summed E-state index contributed by atoms with van der Waals surface area (Å²) in [6, 6.07) is 2.23. The van der Waals surface area contributed by atoms with Gasteiger partial charge in [0.05, 0.1) is 24.8 Å². The van der Waals surface area contributed by atoms with E-state index < -0.39 is 0 Å². The fourth-order valence-corrected chi connectivity index (χ4v) is 3.31. The van der Waals surface area contributed by atoms with E-state index in [1.54, 1.807) is 7.11 Å². The van der Waals surface area contributed by atoms with Crippen molar-refractivity contribution in [2.24, 2.45) is 0 Å². The molecule has 1 saturated heterocycles. The Morgan fingerprint density at radius 2 is 2.33 bits per heavy atom. The second-order valence-corrected chi connectivity index (χ2v) is 5.25. The Morgan fingerprint density at radius 1 is 1.44 bits per heavy atom. The summed E-state index contributed by atoms with van der Waals surface area (Å²) in [6.07, 6.45) is 3.42. The Hall–Kier alpha value is -0.770. The monoisotopic (exact) mass is 267 g/mol. The van der Waals surface area contributed by atoms with E-state index >= 15 is 0 Å². The van der Waals surface area contributed by atoms with Crippen LogP contribution in [-0.4, -0.2) is 26.8 Å². The zero-order valence-electron chi connectivity index (χ0n) is 10.6. The number of hydrogen-bond donors (Lipinski definition) is 1. The van der Waals surface area contributed by atoms with Gasteiger partial charge < -0.3 is 14.8 Å². The number of fused-ring (bicyclic) bond motifs is 1. The average molecular weight is 268 g/mol. The van der Waals surface area contributed by atoms with Crippen molar-refractivity contribution < 1.29 is 9.47 Å². The van der Waals surface area contributed by atoms with Crippen LogP contribution in [-0.2, 0) is 17.6 Å². The van der Waals surface area contributed by atoms with Gasteiger partial charge in [-0.05, 0) is 36.5 Å². The fourth-order valence-electron chi connectivity index (χ4n) is 2.91. The van der Waals surface area contributed by atoms with Gasteiger partial charge in [0.1, 0.15) is 5.75 Å². The van der Waals surface area contributed by atoms with Crippen LogP contribution >= 0.6 is 11.6 Å². The van der Waals surface area contributed by atoms with Crippen LogP contribution in [0.1, 0.15) is 29.2 Å². The van der Waals surface area contributed by atoms with E-state index in [9.17, 15) is 0 Å². The maximum absolute atomic E-state index is 6.48. The van der Waals surface area contributed by atoms with Crippen LogP contribution in [0.25, 0.3) is 0 Å². The third-order valence-electron chi connectivity index (χ3n) is 3.80. The van der Waals surface area contributed by atoms with Crippen LogP contribution in [0.5, 0.6) is 5.75 Å². The van der Waals surface area contributed by atoms with Crippen molar-refractivity contribution in [3.05, 3.63) is 27.8 Å². The molecule has 0 saturated carbocycles. The van der Waals surface area contributed by atoms with Crippen LogP contribution in [0.2, 0.25) is 5.02 Å². The predicted octanol–water partition coefficient (Wildman–Crippen LogP) is 2.50. The first-order valence-corrected chi connectivity index (χ1v) is 6.89. The van der Waals surface area contributed by atoms with Crippen molar-refractivity contribution in [1.82, 2.24) is 5.32 Å². The second-order valence-electron chi connectivity index (χ2n) is 4.87. The largest absolute Gasteiger partial charge is 0.495 e. The van der Waals surface area contributed by atoms with E-state index in [4.69, 9.17) is 21.1 Å². The van der Waals surface area contributed by atoms with Gasteiger partial charge in [0.15, 0.2) is 0 Å². The van der Waals surface area contributed by atoms with Gasteiger partial charge in [-0.1, -0.05) is 11.6 Å². The van der Waals surface area contributed by atoms with E-state index in [1.807, 2.05) is 0 Å². The summed E-state index contributed by atoms with van der Waals surface area (Å²) in [5, 5.41) is 4.14. The highest BCUT2D eigenvalue weighted by Gasteiger charge is 2.26. The first-order valence-electron chi connectivity index (χ1n) is 6.51. The molecule has 3 nitrogen and oxygen atoms in total. The molecule has 1 aliphatic carbocycles. The van der Waals surface area contributed by atoms with Crippen LogP contribution in [0, 0.1) is 0 Å². The Labute approximate surface area is 112 Å². The Kier molecular flexibility index (Phi) is 3.46. The van der Waals surface area contributed by atoms with Gasteiger partial charge in [0.2, 0.25) is 0 Å². The Balaban J connectivity index is 2.04. The Bertz CT molecular complexity index is 456. The molecule has 0 bridgehead atoms. The molecule has 0 spiro atoms. The fraction of sp³-hybridized carbons (Fsp3) is 0.571. The highest BCUT2D eigenvalue weighted by Crippen LogP contribution is 2.42. The van der Waals surface area contributed by atoms with Crippen LogP contribution < -0.4 is 10.1 Å². The smallest absolute Gasteiger partial charge is 0.143 e. The van der Waals surface area contributed by atoms with Crippen molar-refractivity contribution in [1.29, 1.82) is 0 Å². The third-order valence-corrected chi connectivity index (χ3v) is 4.20. The number of nitrogens with one attached hydrogen (secondary N) is 1. The van der Waals surface area contributed by atoms with Gasteiger partial charge in [-0.15, -0.1) is 0 Å². The normalized spacial score (nSPS) is 22.9. The number of halogens is 1. The lowest BCUT2D eigenvalue weighted by Gasteiger charge is -2.26. The van der Waals surface area contributed by atoms with E-state index in [-0.39, 0.29) is 6.10 Å². The van der Waals surface area contributed by atoms with Gasteiger partial charge in [0.25, 0.3) is 0 Å². The summed E-state index contributed by atoms with van der Waals surface area (Å²) in [5.74, 6) is 0.797. The predicted molar refractivity (Wildman–Crippen MR) is 71.6 cm³/mol. The molecule has 1 unspecified atom stereocenters. The van der Waals surface area contributed by atoms with Gasteiger partial charge in [-0.25, -0.2) is 0 Å². The van der Waals surface area contributed by atoms with Crippen molar-refractivity contribution in [2.45, 2.75) is 25.4 Å². The van der Waals surface area contributed by atoms with Gasteiger partial charge in [-0.3, -0.25) is 0 Å². The molecule has 0 amide bonds. The number of rotatable bonds is 2. The molecule has 1 aliphatic heterocycles. The number of morpholine rings is 1. The summed E-state index contributed by atoms with van der Waals surface area (Å²) < 4.78 is 11.3. The molecule has 1 fully saturated rings. The molecule has 98 valence electrons. The lowest BCUT2D eigenvalue weighted by molar-refractivity contribution is 0.0262. The minimum absolute atomic E-state index is 0.0529. The molecule has 0 aromatic heterocycles. The zero-order chi connectivity index (χ0) is 12.5. The molecule has 1 aromatic rings. The molecule has 0 radical (unpaired) electrons. The van der Waals surface area contributed by atoms with Gasteiger partial charge in [0, 0.05) is 18.7 Å². The topological polar surface area (TPSA) is 30.5 Å². The van der Waals surface area contributed by atoms with Gasteiger partial charge in [-0.2, -0.15) is 0 Å². The minimum Gasteiger partial charge on any atom is -0.495 e. The molecular weight excluding hydrogens is 250 g/mol. The molecule has 1 heterocycles. The minimum atomic E-state index is 0.0529. The van der Waals surface area contributed by atoms with E-state index in [0.717, 1.165) is 48.9 Å². The number of methoxy groups -OCH3 is 1. The van der Waals surface area contributed by atoms with E-state index in [1.165, 1.54) is 17.5 Å². The first-order chi connectivity index (χ1) is 8.81.